The van der Waals surface area contributed by atoms with Crippen LogP contribution in [0.4, 0.5) is 9.59 Å². The van der Waals surface area contributed by atoms with E-state index in [9.17, 15) is 24.3 Å². The molecule has 2 N–H and O–H groups in total. The fourth-order valence-electron chi connectivity index (χ4n) is 13.6. The Morgan fingerprint density at radius 2 is 1.12 bits per heavy atom. The number of nitrogens with one attached hydrogen (secondary N) is 1. The number of pyridine rings is 2. The summed E-state index contributed by atoms with van der Waals surface area (Å²) in [5.74, 6) is 0.443. The molecule has 4 aromatic heterocycles. The molecular weight excluding hydrogens is 1280 g/mol. The number of halogens is 3. The molecule has 0 radical (unpaired) electrons. The summed E-state index contributed by atoms with van der Waals surface area (Å²) in [6.45, 7) is 15.9. The minimum Gasteiger partial charge on any atom is -0.453 e. The predicted octanol–water partition coefficient (Wildman–Crippen LogP) is 15.2. The van der Waals surface area contributed by atoms with Crippen molar-refractivity contribution >= 4 is 109 Å². The van der Waals surface area contributed by atoms with Gasteiger partial charge in [-0.1, -0.05) is 165 Å². The van der Waals surface area contributed by atoms with E-state index in [0.29, 0.717) is 86.3 Å². The second-order valence-electron chi connectivity index (χ2n) is 26.5. The van der Waals surface area contributed by atoms with Crippen LogP contribution in [-0.2, 0) is 39.2 Å². The normalized spacial score (nSPS) is 14.2. The maximum Gasteiger partial charge on any atom is 0.410 e. The highest BCUT2D eigenvalue weighted by molar-refractivity contribution is 6.99. The Labute approximate surface area is 571 Å². The lowest BCUT2D eigenvalue weighted by Crippen LogP contribution is -2.66. The lowest BCUT2D eigenvalue weighted by Gasteiger charge is -2.43. The van der Waals surface area contributed by atoms with Crippen molar-refractivity contribution in [1.82, 2.24) is 38.5 Å². The number of H-pyrrole nitrogens is 1. The van der Waals surface area contributed by atoms with Crippen molar-refractivity contribution in [3.05, 3.63) is 212 Å². The van der Waals surface area contributed by atoms with Gasteiger partial charge in [0, 0.05) is 74.6 Å². The van der Waals surface area contributed by atoms with E-state index < -0.39 is 13.9 Å². The first kappa shape index (κ1) is 70.0. The minimum atomic E-state index is -2.47. The van der Waals surface area contributed by atoms with Crippen LogP contribution in [0.5, 0.6) is 0 Å². The molecule has 12 rings (SSSR count). The van der Waals surface area contributed by atoms with E-state index in [2.05, 4.69) is 122 Å². The molecule has 2 saturated heterocycles. The Kier molecular flexibility index (Phi) is 23.2. The van der Waals surface area contributed by atoms with Crippen molar-refractivity contribution in [3.8, 4) is 0 Å². The molecule has 10 aromatic rings. The number of para-hydroxylation sites is 2. The summed E-state index contributed by atoms with van der Waals surface area (Å²) in [5, 5.41) is 17.7. The lowest BCUT2D eigenvalue weighted by molar-refractivity contribution is 0.0188. The fourth-order valence-corrected chi connectivity index (χ4v) is 19.0. The van der Waals surface area contributed by atoms with Crippen molar-refractivity contribution in [1.29, 1.82) is 0 Å². The molecule has 95 heavy (non-hydrogen) atoms. The van der Waals surface area contributed by atoms with Gasteiger partial charge in [-0.25, -0.2) is 19.2 Å². The molecule has 6 aromatic carbocycles. The topological polar surface area (TPSA) is 179 Å². The zero-order valence-corrected chi connectivity index (χ0v) is 58.7. The second-order valence-corrected chi connectivity index (χ2v) is 31.9. The highest BCUT2D eigenvalue weighted by Crippen LogP contribution is 2.38. The van der Waals surface area contributed by atoms with Gasteiger partial charge in [-0.05, 0) is 147 Å². The van der Waals surface area contributed by atoms with Gasteiger partial charge in [-0.3, -0.25) is 23.7 Å². The molecule has 6 heterocycles. The number of rotatable bonds is 17. The van der Waals surface area contributed by atoms with Gasteiger partial charge in [-0.15, -0.1) is 11.6 Å². The number of nitrogens with zero attached hydrogens (tertiary/aromatic N) is 7. The van der Waals surface area contributed by atoms with Crippen LogP contribution in [-0.4, -0.2) is 116 Å². The van der Waals surface area contributed by atoms with Gasteiger partial charge in [0.15, 0.2) is 0 Å². The van der Waals surface area contributed by atoms with Crippen LogP contribution >= 0.6 is 34.8 Å². The Bertz CT molecular complexity index is 4340. The smallest absolute Gasteiger partial charge is 0.410 e. The number of aromatic amines is 1. The van der Waals surface area contributed by atoms with Gasteiger partial charge in [0.05, 0.1) is 63.0 Å². The molecule has 2 amide bonds. The number of likely N-dealkylation sites (tertiary alicyclic amines) is 2. The van der Waals surface area contributed by atoms with Crippen LogP contribution in [0.15, 0.2) is 168 Å². The number of aryl methyl sites for hydroxylation is 2. The SMILES string of the molecule is CC(C)(C)OC(=O)N1CCC(n2c(=O)[nH]c3cccc(Cl)c32)CC1.CC(C)(C)[Si](OCCCCc1c(CCl)ncc2ccccc12)(c1ccccc1)c1ccccc1.COC(=O)N1CCC(n2c(=O)n(Cc3ncc4ccccc4c3CCCCO)c3cccc(Cl)c32)CC1. The molecule has 16 nitrogen and oxygen atoms in total. The number of fused-ring (bicyclic) bond motifs is 4. The van der Waals surface area contributed by atoms with Crippen LogP contribution in [0.25, 0.3) is 43.6 Å². The number of aliphatic hydroxyl groups excluding tert-OH is 1. The molecule has 0 spiro atoms. The van der Waals surface area contributed by atoms with Crippen molar-refractivity contribution in [3.63, 3.8) is 0 Å². The number of piperidine rings is 2. The van der Waals surface area contributed by atoms with Gasteiger partial charge in [-0.2, -0.15) is 0 Å². The number of benzene rings is 6. The summed E-state index contributed by atoms with van der Waals surface area (Å²) in [6.07, 6.45) is 11.1. The van der Waals surface area contributed by atoms with E-state index in [1.165, 1.54) is 33.8 Å². The molecule has 2 fully saturated rings. The molecule has 0 aliphatic carbocycles. The van der Waals surface area contributed by atoms with Gasteiger partial charge in [0.1, 0.15) is 5.60 Å². The van der Waals surface area contributed by atoms with E-state index in [1.54, 1.807) is 29.6 Å². The van der Waals surface area contributed by atoms with Crippen molar-refractivity contribution in [2.24, 2.45) is 0 Å². The van der Waals surface area contributed by atoms with E-state index in [-0.39, 0.29) is 47.3 Å². The maximum absolute atomic E-state index is 14.0. The third-order valence-corrected chi connectivity index (χ3v) is 24.1. The van der Waals surface area contributed by atoms with Gasteiger partial charge in [0.25, 0.3) is 8.32 Å². The number of methoxy groups -OCH3 is 1. The monoisotopic (exact) mass is 1360 g/mol. The van der Waals surface area contributed by atoms with E-state index in [1.807, 2.05) is 81.7 Å². The quantitative estimate of drug-likeness (QED) is 0.0506. The van der Waals surface area contributed by atoms with Crippen LogP contribution in [0, 0.1) is 0 Å². The number of hydrogen-bond acceptors (Lipinski definition) is 10. The maximum atomic E-state index is 14.0. The summed E-state index contributed by atoms with van der Waals surface area (Å²) in [6, 6.07) is 49.3. The number of hydrogen-bond donors (Lipinski definition) is 2. The van der Waals surface area contributed by atoms with Crippen molar-refractivity contribution in [2.45, 2.75) is 141 Å². The Morgan fingerprint density at radius 1 is 0.611 bits per heavy atom. The average Bonchev–Trinajstić information content (AvgIpc) is 1.73. The number of ether oxygens (including phenoxy) is 2. The number of carbonyl (C=O) groups is 2. The number of aliphatic hydroxyl groups is 1. The zero-order valence-electron chi connectivity index (χ0n) is 55.5. The number of alkyl halides is 1. The number of imidazole rings is 2. The molecule has 0 saturated carbocycles. The molecule has 0 atom stereocenters. The van der Waals surface area contributed by atoms with E-state index in [0.717, 1.165) is 83.0 Å². The largest absolute Gasteiger partial charge is 0.453 e. The molecule has 500 valence electrons. The predicted molar refractivity (Wildman–Crippen MR) is 386 cm³/mol. The van der Waals surface area contributed by atoms with Crippen LogP contribution < -0.4 is 21.8 Å². The molecule has 20 heteroatoms. The van der Waals surface area contributed by atoms with Crippen molar-refractivity contribution in [2.75, 3.05) is 46.5 Å². The second kappa shape index (κ2) is 31.4. The Hall–Kier alpha value is -7.77. The average molecular weight is 1360 g/mol. The van der Waals surface area contributed by atoms with Crippen molar-refractivity contribution < 1.29 is 28.6 Å². The molecule has 2 aliphatic heterocycles. The molecular formula is C75H87Cl3N8O8Si. The van der Waals surface area contributed by atoms with Crippen LogP contribution in [0.1, 0.15) is 128 Å². The first-order chi connectivity index (χ1) is 45.8. The molecule has 2 aliphatic rings. The summed E-state index contributed by atoms with van der Waals surface area (Å²) in [5.41, 5.74) is 6.39. The summed E-state index contributed by atoms with van der Waals surface area (Å²) in [4.78, 5) is 66.0. The first-order valence-electron chi connectivity index (χ1n) is 33.0. The van der Waals surface area contributed by atoms with E-state index in [4.69, 9.17) is 53.7 Å². The lowest BCUT2D eigenvalue weighted by atomic mass is 9.99. The zero-order chi connectivity index (χ0) is 67.4. The standard InChI is InChI=1S/C30H34ClNOSi.C28H31ClN4O4.C17H22ClN3O3/c1-30(2,3)34(25-15-6-4-7-16-25,26-17-8-5-9-18-26)33-21-13-12-20-28-27-19-11-10-14-24(27)23-32-29(28)22-31;1-37-28(36)31-14-12-20(13-15-31)33-26-23(29)10-6-11-25(26)32(27(33)35)18-24-22(9-4-5-16-34)21-8-3-2-7-19(21)17-30-24;1-17(2,3)24-16(23)20-9-7-11(8-10-20)21-14-12(18)5-4-6-13(14)19-15(21)22/h4-11,14-19,23H,12-13,20-22H2,1-3H3;2-3,6-8,10-11,17,20,34H,4-5,9,12-16,18H2,1H3;4-6,11H,7-10H2,1-3H3,(H,19,22). The summed E-state index contributed by atoms with van der Waals surface area (Å²) in [7, 11) is -1.09. The summed E-state index contributed by atoms with van der Waals surface area (Å²) >= 11 is 19.2. The molecule has 0 bridgehead atoms. The minimum absolute atomic E-state index is 0.00104. The molecule has 0 unspecified atom stereocenters. The van der Waals surface area contributed by atoms with Gasteiger partial charge < -0.3 is 33.8 Å². The van der Waals surface area contributed by atoms with Gasteiger partial charge in [0.2, 0.25) is 0 Å². The fraction of sp³-hybridized carbons (Fsp3) is 0.387. The number of aromatic nitrogens is 6. The van der Waals surface area contributed by atoms with Gasteiger partial charge >= 0.3 is 23.6 Å². The summed E-state index contributed by atoms with van der Waals surface area (Å²) < 4.78 is 22.6. The highest BCUT2D eigenvalue weighted by Gasteiger charge is 2.50. The number of unbranched alkanes of at least 4 members (excludes halogenated alkanes) is 2. The first-order valence-corrected chi connectivity index (χ1v) is 36.2. The Morgan fingerprint density at radius 3 is 1.66 bits per heavy atom. The Balaban J connectivity index is 0.000000159. The number of amides is 2. The third-order valence-electron chi connectivity index (χ3n) is 18.2. The highest BCUT2D eigenvalue weighted by atomic mass is 35.5. The van der Waals surface area contributed by atoms with Crippen LogP contribution in [0.2, 0.25) is 15.1 Å². The van der Waals surface area contributed by atoms with Crippen LogP contribution in [0.3, 0.4) is 0 Å². The van der Waals surface area contributed by atoms with E-state index >= 15 is 0 Å². The third kappa shape index (κ3) is 15.9. The number of carbonyl (C=O) groups excluding carboxylic acids is 2.